The number of carbonyl (C=O) groups excluding carboxylic acids is 2. The zero-order valence-electron chi connectivity index (χ0n) is 17.2. The maximum absolute atomic E-state index is 13.4. The lowest BCUT2D eigenvalue weighted by atomic mass is 9.57. The van der Waals surface area contributed by atoms with Crippen LogP contribution in [0.1, 0.15) is 56.2 Å². The van der Waals surface area contributed by atoms with Crippen LogP contribution >= 0.6 is 23.1 Å². The average Bonchev–Trinajstić information content (AvgIpc) is 3.46. The highest BCUT2D eigenvalue weighted by Crippen LogP contribution is 2.71. The minimum absolute atomic E-state index is 0.00622. The van der Waals surface area contributed by atoms with Crippen molar-refractivity contribution < 1.29 is 19.5 Å². The highest BCUT2D eigenvalue weighted by molar-refractivity contribution is 8.00. The molecule has 3 heterocycles. The number of imide groups is 1. The lowest BCUT2D eigenvalue weighted by Crippen LogP contribution is -2.51. The van der Waals surface area contributed by atoms with Crippen molar-refractivity contribution in [1.29, 1.82) is 0 Å². The summed E-state index contributed by atoms with van der Waals surface area (Å²) in [5.41, 5.74) is -0.0300. The van der Waals surface area contributed by atoms with Crippen molar-refractivity contribution in [3.63, 3.8) is 0 Å². The number of aliphatic carboxylic acids is 1. The maximum atomic E-state index is 13.4. The minimum atomic E-state index is -0.902. The van der Waals surface area contributed by atoms with Gasteiger partial charge in [-0.3, -0.25) is 24.1 Å². The number of fused-ring (bicyclic) bond motifs is 11. The standard InChI is InChI=1S/C22H26N2O5S2/c25-12(26)5-4-8-24-19(27)13-10-9-11(14(13)20(24)28)16-15(10)22(6-2-1-3-7-22)17-18(30-16)23-21(29)31-17/h10-11,13-16H,1-9H2,(H,23,29)(H,25,26)/t10-,11+,13-,14+,15+,16-/m0/s1. The van der Waals surface area contributed by atoms with E-state index in [1.54, 1.807) is 11.8 Å². The van der Waals surface area contributed by atoms with E-state index in [2.05, 4.69) is 4.98 Å². The Bertz CT molecular complexity index is 1030. The normalized spacial score (nSPS) is 37.2. The number of nitrogens with one attached hydrogen (secondary N) is 1. The molecule has 3 saturated carbocycles. The lowest BCUT2D eigenvalue weighted by molar-refractivity contribution is -0.142. The number of aromatic nitrogens is 1. The van der Waals surface area contributed by atoms with E-state index in [1.165, 1.54) is 27.5 Å². The summed E-state index contributed by atoms with van der Waals surface area (Å²) in [5.74, 6) is -0.869. The molecule has 2 bridgehead atoms. The van der Waals surface area contributed by atoms with Gasteiger partial charge in [0.25, 0.3) is 0 Å². The van der Waals surface area contributed by atoms with Crippen LogP contribution in [0.25, 0.3) is 0 Å². The molecule has 0 aromatic carbocycles. The number of carboxylic acids is 1. The first-order valence-corrected chi connectivity index (χ1v) is 13.1. The third kappa shape index (κ3) is 2.65. The number of nitrogens with zero attached hydrogens (tertiary/aromatic N) is 1. The maximum Gasteiger partial charge on any atom is 0.305 e. The van der Waals surface area contributed by atoms with E-state index in [9.17, 15) is 19.2 Å². The third-order valence-corrected chi connectivity index (χ3v) is 11.4. The van der Waals surface area contributed by atoms with Crippen LogP contribution in [-0.4, -0.2) is 44.6 Å². The Balaban J connectivity index is 1.36. The van der Waals surface area contributed by atoms with Gasteiger partial charge in [0.15, 0.2) is 0 Å². The highest BCUT2D eigenvalue weighted by atomic mass is 32.2. The Morgan fingerprint density at radius 1 is 1.10 bits per heavy atom. The van der Waals surface area contributed by atoms with Crippen molar-refractivity contribution in [2.45, 2.75) is 67.1 Å². The molecule has 2 aliphatic heterocycles. The fraction of sp³-hybridized carbons (Fsp3) is 0.727. The number of thioether (sulfide) groups is 1. The number of thiazole rings is 1. The van der Waals surface area contributed by atoms with E-state index < -0.39 is 5.97 Å². The fourth-order valence-corrected chi connectivity index (χ4v) is 10.9. The van der Waals surface area contributed by atoms with Crippen LogP contribution < -0.4 is 4.87 Å². The second-order valence-corrected chi connectivity index (χ2v) is 12.1. The Kier molecular flexibility index (Phi) is 4.49. The smallest absolute Gasteiger partial charge is 0.305 e. The molecule has 1 aromatic rings. The molecule has 2 N–H and O–H groups in total. The summed E-state index contributed by atoms with van der Waals surface area (Å²) >= 11 is 3.11. The van der Waals surface area contributed by atoms with Gasteiger partial charge in [0, 0.05) is 28.5 Å². The largest absolute Gasteiger partial charge is 0.481 e. The van der Waals surface area contributed by atoms with E-state index in [-0.39, 0.29) is 64.0 Å². The number of likely N-dealkylation sites (tertiary alicyclic amines) is 1. The lowest BCUT2D eigenvalue weighted by Gasteiger charge is -2.52. The molecule has 0 unspecified atom stereocenters. The van der Waals surface area contributed by atoms with Gasteiger partial charge in [0.2, 0.25) is 11.8 Å². The van der Waals surface area contributed by atoms with Gasteiger partial charge >= 0.3 is 10.8 Å². The van der Waals surface area contributed by atoms with Gasteiger partial charge in [0.05, 0.1) is 16.9 Å². The van der Waals surface area contributed by atoms with Crippen LogP contribution in [0.15, 0.2) is 9.82 Å². The van der Waals surface area contributed by atoms with Crippen LogP contribution in [-0.2, 0) is 19.8 Å². The van der Waals surface area contributed by atoms with Crippen LogP contribution in [0.4, 0.5) is 0 Å². The Hall–Kier alpha value is -1.61. The van der Waals surface area contributed by atoms with E-state index in [4.69, 9.17) is 5.11 Å². The van der Waals surface area contributed by atoms with Crippen molar-refractivity contribution >= 4 is 40.9 Å². The SMILES string of the molecule is O=C(O)CCCN1C(=O)[C@@H]2[C@H]3C[C@@H]([C@@H]2C1=O)[C@@H]1[C@H]3Sc2[nH]c(=O)sc2C12CCCCC2. The van der Waals surface area contributed by atoms with Crippen molar-refractivity contribution in [2.24, 2.45) is 29.6 Å². The van der Waals surface area contributed by atoms with Gasteiger partial charge < -0.3 is 10.1 Å². The first kappa shape index (κ1) is 20.0. The fourth-order valence-electron chi connectivity index (χ4n) is 7.75. The van der Waals surface area contributed by atoms with Gasteiger partial charge in [-0.1, -0.05) is 30.6 Å². The van der Waals surface area contributed by atoms with Crippen molar-refractivity contribution in [1.82, 2.24) is 9.88 Å². The zero-order chi connectivity index (χ0) is 21.5. The summed E-state index contributed by atoms with van der Waals surface area (Å²) < 4.78 is 0. The summed E-state index contributed by atoms with van der Waals surface area (Å²) in [5, 5.41) is 10.2. The number of carbonyl (C=O) groups is 3. The molecule has 6 atom stereocenters. The Morgan fingerprint density at radius 3 is 2.52 bits per heavy atom. The predicted octanol–water partition coefficient (Wildman–Crippen LogP) is 2.84. The summed E-state index contributed by atoms with van der Waals surface area (Å²) in [6.07, 6.45) is 6.87. The molecule has 0 radical (unpaired) electrons. The minimum Gasteiger partial charge on any atom is -0.481 e. The van der Waals surface area contributed by atoms with E-state index in [0.717, 1.165) is 37.1 Å². The molecule has 9 heteroatoms. The summed E-state index contributed by atoms with van der Waals surface area (Å²) in [4.78, 5) is 55.4. The molecular weight excluding hydrogens is 436 g/mol. The van der Waals surface area contributed by atoms with Gasteiger partial charge in [-0.2, -0.15) is 0 Å². The molecule has 5 aliphatic rings. The summed E-state index contributed by atoms with van der Waals surface area (Å²) in [6, 6.07) is 0. The molecular formula is C22H26N2O5S2. The molecule has 1 saturated heterocycles. The number of H-pyrrole nitrogens is 1. The van der Waals surface area contributed by atoms with Gasteiger partial charge in [0.1, 0.15) is 0 Å². The van der Waals surface area contributed by atoms with Crippen LogP contribution in [0.3, 0.4) is 0 Å². The topological polar surface area (TPSA) is 108 Å². The molecule has 1 aromatic heterocycles. The van der Waals surface area contributed by atoms with Crippen LogP contribution in [0.2, 0.25) is 0 Å². The van der Waals surface area contributed by atoms with Crippen LogP contribution in [0, 0.1) is 29.6 Å². The Labute approximate surface area is 188 Å². The van der Waals surface area contributed by atoms with Gasteiger partial charge in [-0.05, 0) is 43.4 Å². The predicted molar refractivity (Wildman–Crippen MR) is 115 cm³/mol. The van der Waals surface area contributed by atoms with Crippen LogP contribution in [0.5, 0.6) is 0 Å². The summed E-state index contributed by atoms with van der Waals surface area (Å²) in [6.45, 7) is 0.213. The first-order valence-electron chi connectivity index (χ1n) is 11.4. The highest BCUT2D eigenvalue weighted by Gasteiger charge is 2.71. The third-order valence-electron chi connectivity index (χ3n) is 8.67. The molecule has 166 valence electrons. The van der Waals surface area contributed by atoms with Crippen molar-refractivity contribution in [3.8, 4) is 0 Å². The van der Waals surface area contributed by atoms with E-state index >= 15 is 0 Å². The van der Waals surface area contributed by atoms with Crippen molar-refractivity contribution in [3.05, 3.63) is 14.5 Å². The molecule has 3 aliphatic carbocycles. The van der Waals surface area contributed by atoms with E-state index in [1.807, 2.05) is 0 Å². The number of carboxylic acid groups (broad SMARTS) is 1. The quantitative estimate of drug-likeness (QED) is 0.667. The monoisotopic (exact) mass is 462 g/mol. The number of amides is 2. The number of hydrogen-bond donors (Lipinski definition) is 2. The summed E-state index contributed by atoms with van der Waals surface area (Å²) in [7, 11) is 0. The van der Waals surface area contributed by atoms with Gasteiger partial charge in [-0.15, -0.1) is 11.8 Å². The van der Waals surface area contributed by atoms with Gasteiger partial charge in [-0.25, -0.2) is 0 Å². The average molecular weight is 463 g/mol. The van der Waals surface area contributed by atoms with Crippen molar-refractivity contribution in [2.75, 3.05) is 6.54 Å². The molecule has 2 amide bonds. The molecule has 1 spiro atoms. The molecule has 7 nitrogen and oxygen atoms in total. The second-order valence-electron chi connectivity index (χ2n) is 9.94. The second kappa shape index (κ2) is 6.94. The molecule has 31 heavy (non-hydrogen) atoms. The zero-order valence-corrected chi connectivity index (χ0v) is 18.8. The van der Waals surface area contributed by atoms with E-state index in [0.29, 0.717) is 12.3 Å². The number of aromatic amines is 1. The molecule has 4 fully saturated rings. The Morgan fingerprint density at radius 2 is 1.81 bits per heavy atom. The molecule has 6 rings (SSSR count). The number of hydrogen-bond acceptors (Lipinski definition) is 6. The number of rotatable bonds is 4. The first-order chi connectivity index (χ1) is 14.9.